The molecule has 0 aliphatic carbocycles. The van der Waals surface area contributed by atoms with Crippen molar-refractivity contribution >= 4 is 0 Å². The molecule has 0 spiro atoms. The van der Waals surface area contributed by atoms with E-state index in [0.29, 0.717) is 18.9 Å². The van der Waals surface area contributed by atoms with Gasteiger partial charge in [0.05, 0.1) is 0 Å². The topological polar surface area (TPSA) is 30.5 Å². The van der Waals surface area contributed by atoms with Crippen LogP contribution in [0.3, 0.4) is 0 Å². The Morgan fingerprint density at radius 2 is 2.11 bits per heavy atom. The maximum atomic E-state index is 5.38. The van der Waals surface area contributed by atoms with Gasteiger partial charge in [-0.05, 0) is 44.4 Å². The standard InChI is InChI=1S/C15H21NO2/c1-4-11(2)16-12(3)5-6-13-7-8-14-15(9-13)18-10-17-14/h4,7-9,11-12,16H,1,5-6,10H2,2-3H3. The summed E-state index contributed by atoms with van der Waals surface area (Å²) in [4.78, 5) is 0. The molecule has 2 rings (SSSR count). The average molecular weight is 247 g/mol. The molecule has 0 bridgehead atoms. The van der Waals surface area contributed by atoms with Gasteiger partial charge in [-0.15, -0.1) is 6.58 Å². The molecule has 0 saturated carbocycles. The maximum absolute atomic E-state index is 5.38. The molecular weight excluding hydrogens is 226 g/mol. The first-order valence-electron chi connectivity index (χ1n) is 6.46. The molecule has 2 unspecified atom stereocenters. The largest absolute Gasteiger partial charge is 0.454 e. The van der Waals surface area contributed by atoms with E-state index in [2.05, 4.69) is 37.9 Å². The number of fused-ring (bicyclic) bond motifs is 1. The predicted octanol–water partition coefficient (Wildman–Crippen LogP) is 2.90. The summed E-state index contributed by atoms with van der Waals surface area (Å²) in [5.41, 5.74) is 1.29. The first kappa shape index (κ1) is 13.0. The molecule has 0 aromatic heterocycles. The van der Waals surface area contributed by atoms with Crippen molar-refractivity contribution in [3.05, 3.63) is 36.4 Å². The van der Waals surface area contributed by atoms with Gasteiger partial charge >= 0.3 is 0 Å². The van der Waals surface area contributed by atoms with Crippen LogP contribution in [0.15, 0.2) is 30.9 Å². The molecule has 98 valence electrons. The van der Waals surface area contributed by atoms with Crippen LogP contribution in [0.5, 0.6) is 11.5 Å². The fourth-order valence-electron chi connectivity index (χ4n) is 2.08. The maximum Gasteiger partial charge on any atom is 0.231 e. The molecule has 0 amide bonds. The summed E-state index contributed by atoms with van der Waals surface area (Å²) in [6, 6.07) is 7.01. The summed E-state index contributed by atoms with van der Waals surface area (Å²) in [7, 11) is 0. The molecule has 0 saturated heterocycles. The van der Waals surface area contributed by atoms with Gasteiger partial charge in [0.15, 0.2) is 11.5 Å². The molecule has 1 aliphatic heterocycles. The van der Waals surface area contributed by atoms with Gasteiger partial charge in [-0.3, -0.25) is 0 Å². The fraction of sp³-hybridized carbons (Fsp3) is 0.467. The number of rotatable bonds is 6. The summed E-state index contributed by atoms with van der Waals surface area (Å²) in [6.07, 6.45) is 4.06. The van der Waals surface area contributed by atoms with Crippen molar-refractivity contribution in [2.24, 2.45) is 0 Å². The molecule has 18 heavy (non-hydrogen) atoms. The van der Waals surface area contributed by atoms with E-state index in [1.165, 1.54) is 5.56 Å². The van der Waals surface area contributed by atoms with E-state index in [-0.39, 0.29) is 0 Å². The zero-order valence-electron chi connectivity index (χ0n) is 11.1. The van der Waals surface area contributed by atoms with E-state index >= 15 is 0 Å². The highest BCUT2D eigenvalue weighted by Crippen LogP contribution is 2.32. The molecule has 3 nitrogen and oxygen atoms in total. The van der Waals surface area contributed by atoms with E-state index in [4.69, 9.17) is 9.47 Å². The number of nitrogens with one attached hydrogen (secondary N) is 1. The van der Waals surface area contributed by atoms with Crippen LogP contribution in [0.2, 0.25) is 0 Å². The Labute approximate surface area is 109 Å². The second-order valence-electron chi connectivity index (χ2n) is 4.82. The van der Waals surface area contributed by atoms with Crippen LogP contribution in [-0.4, -0.2) is 18.9 Å². The van der Waals surface area contributed by atoms with Crippen molar-refractivity contribution in [2.75, 3.05) is 6.79 Å². The van der Waals surface area contributed by atoms with Crippen molar-refractivity contribution in [3.63, 3.8) is 0 Å². The fourth-order valence-corrected chi connectivity index (χ4v) is 2.08. The summed E-state index contributed by atoms with van der Waals surface area (Å²) < 4.78 is 10.7. The van der Waals surface area contributed by atoms with Gasteiger partial charge in [0, 0.05) is 12.1 Å². The van der Waals surface area contributed by atoms with Gasteiger partial charge in [-0.25, -0.2) is 0 Å². The molecule has 2 atom stereocenters. The van der Waals surface area contributed by atoms with E-state index in [1.807, 2.05) is 12.1 Å². The highest BCUT2D eigenvalue weighted by Gasteiger charge is 2.13. The third-order valence-electron chi connectivity index (χ3n) is 3.20. The predicted molar refractivity (Wildman–Crippen MR) is 73.1 cm³/mol. The van der Waals surface area contributed by atoms with Crippen LogP contribution < -0.4 is 14.8 Å². The highest BCUT2D eigenvalue weighted by molar-refractivity contribution is 5.44. The summed E-state index contributed by atoms with van der Waals surface area (Å²) in [6.45, 7) is 8.44. The Bertz CT molecular complexity index is 417. The first-order valence-corrected chi connectivity index (χ1v) is 6.46. The molecule has 3 heteroatoms. The smallest absolute Gasteiger partial charge is 0.231 e. The Balaban J connectivity index is 1.85. The Morgan fingerprint density at radius 1 is 1.33 bits per heavy atom. The van der Waals surface area contributed by atoms with Crippen molar-refractivity contribution in [2.45, 2.75) is 38.8 Å². The van der Waals surface area contributed by atoms with Crippen LogP contribution in [0, 0.1) is 0 Å². The number of hydrogen-bond donors (Lipinski definition) is 1. The highest BCUT2D eigenvalue weighted by atomic mass is 16.7. The lowest BCUT2D eigenvalue weighted by atomic mass is 10.0. The number of hydrogen-bond acceptors (Lipinski definition) is 3. The lowest BCUT2D eigenvalue weighted by Crippen LogP contribution is -2.33. The normalized spacial score (nSPS) is 16.3. The van der Waals surface area contributed by atoms with Gasteiger partial charge in [0.25, 0.3) is 0 Å². The number of aryl methyl sites for hydroxylation is 1. The van der Waals surface area contributed by atoms with Crippen molar-refractivity contribution in [1.82, 2.24) is 5.32 Å². The Kier molecular flexibility index (Phi) is 4.26. The van der Waals surface area contributed by atoms with Crippen LogP contribution in [0.1, 0.15) is 25.8 Å². The zero-order chi connectivity index (χ0) is 13.0. The van der Waals surface area contributed by atoms with E-state index in [9.17, 15) is 0 Å². The first-order chi connectivity index (χ1) is 8.69. The minimum Gasteiger partial charge on any atom is -0.454 e. The quantitative estimate of drug-likeness (QED) is 0.784. The Morgan fingerprint density at radius 3 is 2.89 bits per heavy atom. The number of ether oxygens (including phenoxy) is 2. The van der Waals surface area contributed by atoms with Gasteiger partial charge in [0.1, 0.15) is 0 Å². The van der Waals surface area contributed by atoms with Crippen molar-refractivity contribution in [1.29, 1.82) is 0 Å². The minimum absolute atomic E-state index is 0.341. The molecule has 1 aromatic carbocycles. The van der Waals surface area contributed by atoms with Gasteiger partial charge < -0.3 is 14.8 Å². The minimum atomic E-state index is 0.341. The molecule has 1 aromatic rings. The molecule has 1 heterocycles. The zero-order valence-corrected chi connectivity index (χ0v) is 11.1. The molecule has 0 fully saturated rings. The van der Waals surface area contributed by atoms with E-state index < -0.39 is 0 Å². The third kappa shape index (κ3) is 3.26. The van der Waals surface area contributed by atoms with Crippen molar-refractivity contribution < 1.29 is 9.47 Å². The van der Waals surface area contributed by atoms with Crippen molar-refractivity contribution in [3.8, 4) is 11.5 Å². The molecule has 1 aliphatic rings. The SMILES string of the molecule is C=CC(C)NC(C)CCc1ccc2c(c1)OCO2. The molecular formula is C15H21NO2. The van der Waals surface area contributed by atoms with E-state index in [1.54, 1.807) is 0 Å². The second kappa shape index (κ2) is 5.91. The lowest BCUT2D eigenvalue weighted by molar-refractivity contribution is 0.174. The monoisotopic (exact) mass is 247 g/mol. The molecule has 1 N–H and O–H groups in total. The van der Waals surface area contributed by atoms with Crippen LogP contribution >= 0.6 is 0 Å². The summed E-state index contributed by atoms with van der Waals surface area (Å²) in [5.74, 6) is 1.72. The van der Waals surface area contributed by atoms with Crippen LogP contribution in [0.4, 0.5) is 0 Å². The third-order valence-corrected chi connectivity index (χ3v) is 3.20. The molecule has 0 radical (unpaired) electrons. The average Bonchev–Trinajstić information content (AvgIpc) is 2.83. The van der Waals surface area contributed by atoms with Gasteiger partial charge in [-0.1, -0.05) is 12.1 Å². The van der Waals surface area contributed by atoms with Gasteiger partial charge in [-0.2, -0.15) is 0 Å². The van der Waals surface area contributed by atoms with E-state index in [0.717, 1.165) is 24.3 Å². The summed E-state index contributed by atoms with van der Waals surface area (Å²) in [5, 5.41) is 3.48. The van der Waals surface area contributed by atoms with Crippen LogP contribution in [0.25, 0.3) is 0 Å². The number of benzene rings is 1. The van der Waals surface area contributed by atoms with Crippen LogP contribution in [-0.2, 0) is 6.42 Å². The lowest BCUT2D eigenvalue weighted by Gasteiger charge is -2.17. The summed E-state index contributed by atoms with van der Waals surface area (Å²) >= 11 is 0. The van der Waals surface area contributed by atoms with Gasteiger partial charge in [0.2, 0.25) is 6.79 Å². The Hall–Kier alpha value is -1.48. The second-order valence-corrected chi connectivity index (χ2v) is 4.82.